The summed E-state index contributed by atoms with van der Waals surface area (Å²) in [4.78, 5) is 94.6. The maximum atomic E-state index is 12.8. The molecule has 28 nitrogen and oxygen atoms in total. The van der Waals surface area contributed by atoms with E-state index in [-0.39, 0.29) is 74.4 Å². The average molecular weight is 2030 g/mol. The minimum Gasteiger partial charge on any atom is -0.497 e. The van der Waals surface area contributed by atoms with Crippen molar-refractivity contribution >= 4 is 136 Å². The van der Waals surface area contributed by atoms with Crippen LogP contribution in [-0.2, 0) is 67.6 Å². The molecule has 34 heteroatoms. The fourth-order valence-electron chi connectivity index (χ4n) is 18.9. The largest absolute Gasteiger partial charge is 0.497 e. The summed E-state index contributed by atoms with van der Waals surface area (Å²) < 4.78 is 55.3. The smallest absolute Gasteiger partial charge is 0.416 e. The van der Waals surface area contributed by atoms with Gasteiger partial charge in [0.05, 0.1) is 80.8 Å². The standard InChI is InChI=1S/2C21H17ClN4O.C18H16F3N3O.C18H16N4O.C18H19N3O2.C17H16ClN3O/c22-15-6-7-17-14(12-15)13-18(23-17)20(27)24-21(9-10-21)19-8-11-26(25-19)16-4-2-1-3-5-16;22-16-6-7-18-14(10-16)11-19(24-18)20(27)25-21(8-9-21)15-12-23-26(13-15)17-4-2-1-3-5-17;1-24-7-4-13(10-24)17(5-6-17)23-16(25)15-9-11-8-12(18(19,20)21)2-3-14(11)22-15;1-22-7-4-14(11-22)18(5-6-18)21-17(23)16-9-13-8-12(10-19)2-3-15(13)20-16;1-21-8-5-13(11-21)18(6-7-18)20-17(22)16-9-12-3-4-14(23-2)10-15(12)19-16;1-21-7-4-12(10-21)17(5-6-17)20-16(22)15-9-11-8-13(18)2-3-14(11)19-15/h1-8,11-13,23H,9-10H2,(H,24,27);1-7,10-13,24H,8-9H2,(H,25,27);2-4,7-10,22H,5-6H2,1H3,(H,23,25);2-4,7-9,11,20H,5-6H2,1H3,(H,21,23);3-5,8-11,19H,6-7H2,1-2H3,(H,20,22);2-4,7-10,19H,5-6H2,1H3,(H,20,22). The van der Waals surface area contributed by atoms with Gasteiger partial charge in [-0.15, -0.1) is 0 Å². The Balaban J connectivity index is 0.000000104. The number of halogens is 6. The normalized spacial score (nSPS) is 15.5. The van der Waals surface area contributed by atoms with E-state index in [1.807, 2.05) is 275 Å². The fraction of sp³-hybridized carbons (Fsp3) is 0.212. The molecule has 0 radical (unpaired) electrons. The minimum absolute atomic E-state index is 0.0680. The van der Waals surface area contributed by atoms with Crippen LogP contribution in [0.5, 0.6) is 5.75 Å². The molecule has 12 N–H and O–H groups in total. The molecule has 26 rings (SSSR count). The van der Waals surface area contributed by atoms with Crippen LogP contribution < -0.4 is 36.6 Å². The lowest BCUT2D eigenvalue weighted by molar-refractivity contribution is -0.137. The van der Waals surface area contributed by atoms with E-state index in [1.54, 1.807) is 31.4 Å². The Morgan fingerprint density at radius 1 is 0.347 bits per heavy atom. The first-order valence-electron chi connectivity index (χ1n) is 48.2. The third kappa shape index (κ3) is 20.8. The van der Waals surface area contributed by atoms with Gasteiger partial charge in [-0.1, -0.05) is 71.2 Å². The van der Waals surface area contributed by atoms with E-state index in [0.29, 0.717) is 60.0 Å². The number of fused-ring (bicyclic) bond motifs is 6. The summed E-state index contributed by atoms with van der Waals surface area (Å²) in [6, 6.07) is 73.9. The summed E-state index contributed by atoms with van der Waals surface area (Å²) in [7, 11) is 9.51. The molecule has 0 spiro atoms. The van der Waals surface area contributed by atoms with E-state index in [0.717, 1.165) is 183 Å². The molecular weight excluding hydrogens is 1930 g/mol. The molecule has 0 aliphatic heterocycles. The number of carbonyl (C=O) groups excluding carboxylic acids is 6. The van der Waals surface area contributed by atoms with Crippen LogP contribution in [-0.4, -0.2) is 110 Å². The Morgan fingerprint density at radius 2 is 0.673 bits per heavy atom. The van der Waals surface area contributed by atoms with Crippen molar-refractivity contribution < 1.29 is 46.7 Å². The maximum Gasteiger partial charge on any atom is 0.416 e. The van der Waals surface area contributed by atoms with Crippen molar-refractivity contribution in [3.8, 4) is 23.2 Å². The summed E-state index contributed by atoms with van der Waals surface area (Å²) >= 11 is 18.1. The molecule has 6 aliphatic rings. The molecule has 12 heterocycles. The second kappa shape index (κ2) is 38.4. The highest BCUT2D eigenvalue weighted by Gasteiger charge is 2.52. The van der Waals surface area contributed by atoms with E-state index < -0.39 is 11.7 Å². The van der Waals surface area contributed by atoms with Crippen molar-refractivity contribution in [1.82, 2.24) is 99.6 Å². The van der Waals surface area contributed by atoms with Gasteiger partial charge < -0.3 is 84.8 Å². The summed E-state index contributed by atoms with van der Waals surface area (Å²) in [5.74, 6) is -0.0435. The van der Waals surface area contributed by atoms with Gasteiger partial charge in [0.1, 0.15) is 39.9 Å². The van der Waals surface area contributed by atoms with E-state index >= 15 is 0 Å². The van der Waals surface area contributed by atoms with E-state index in [1.165, 1.54) is 23.3 Å². The van der Waals surface area contributed by atoms with Gasteiger partial charge in [-0.25, -0.2) is 9.36 Å². The number of alkyl halides is 3. The molecule has 6 fully saturated rings. The topological polar surface area (TPSA) is 358 Å². The highest BCUT2D eigenvalue weighted by molar-refractivity contribution is 6.32. The van der Waals surface area contributed by atoms with Crippen molar-refractivity contribution in [3.63, 3.8) is 0 Å². The summed E-state index contributed by atoms with van der Waals surface area (Å²) in [6.07, 6.45) is 28.6. The molecule has 742 valence electrons. The first-order valence-corrected chi connectivity index (χ1v) is 49.3. The molecule has 147 heavy (non-hydrogen) atoms. The number of aromatic nitrogens is 14. The molecule has 0 bridgehead atoms. The van der Waals surface area contributed by atoms with Crippen LogP contribution in [0.3, 0.4) is 0 Å². The second-order valence-corrected chi connectivity index (χ2v) is 40.2. The zero-order chi connectivity index (χ0) is 102. The Bertz CT molecular complexity index is 8310. The molecule has 6 amide bonds. The number of aromatic amines is 6. The van der Waals surface area contributed by atoms with Crippen molar-refractivity contribution in [2.45, 2.75) is 116 Å². The van der Waals surface area contributed by atoms with Crippen molar-refractivity contribution in [2.75, 3.05) is 7.11 Å². The number of ether oxygens (including phenoxy) is 1. The monoisotopic (exact) mass is 2030 g/mol. The summed E-state index contributed by atoms with van der Waals surface area (Å²) in [6.45, 7) is 0. The number of nitrogens with one attached hydrogen (secondary N) is 12. The maximum absolute atomic E-state index is 12.8. The van der Waals surface area contributed by atoms with Gasteiger partial charge in [-0.05, 0) is 293 Å². The summed E-state index contributed by atoms with van der Waals surface area (Å²) in [5.41, 5.74) is 14.6. The number of aryl methyl sites for hydroxylation is 4. The molecule has 8 aromatic carbocycles. The van der Waals surface area contributed by atoms with Crippen molar-refractivity contribution in [1.29, 1.82) is 5.26 Å². The number of hydrogen-bond donors (Lipinski definition) is 12. The Kier molecular flexibility index (Phi) is 25.2. The van der Waals surface area contributed by atoms with Gasteiger partial charge >= 0.3 is 6.18 Å². The Labute approximate surface area is 855 Å². The molecule has 20 aromatic rings. The fourth-order valence-corrected chi connectivity index (χ4v) is 19.4. The second-order valence-electron chi connectivity index (χ2n) is 38.9. The number of amides is 6. The zero-order valence-electron chi connectivity index (χ0n) is 80.5. The number of H-pyrrole nitrogens is 6. The van der Waals surface area contributed by atoms with Crippen LogP contribution in [0.1, 0.15) is 185 Å². The number of carbonyl (C=O) groups is 6. The lowest BCUT2D eigenvalue weighted by Gasteiger charge is -2.15. The van der Waals surface area contributed by atoms with Gasteiger partial charge in [0.25, 0.3) is 35.4 Å². The van der Waals surface area contributed by atoms with Gasteiger partial charge in [-0.3, -0.25) is 28.8 Å². The van der Waals surface area contributed by atoms with Crippen LogP contribution in [0.15, 0.2) is 305 Å². The third-order valence-electron chi connectivity index (χ3n) is 28.2. The quantitative estimate of drug-likeness (QED) is 0.0322. The van der Waals surface area contributed by atoms with Crippen molar-refractivity contribution in [2.24, 2.45) is 28.2 Å². The van der Waals surface area contributed by atoms with Crippen molar-refractivity contribution in [3.05, 3.63) is 399 Å². The summed E-state index contributed by atoms with van der Waals surface area (Å²) in [5, 5.41) is 44.0. The minimum atomic E-state index is -4.40. The molecule has 0 saturated heterocycles. The number of para-hydroxylation sites is 2. The number of rotatable bonds is 21. The number of benzene rings is 8. The lowest BCUT2D eigenvalue weighted by Crippen LogP contribution is -2.35. The van der Waals surface area contributed by atoms with Gasteiger partial charge in [0.15, 0.2) is 0 Å². The molecule has 6 aliphatic carbocycles. The van der Waals surface area contributed by atoms with Crippen LogP contribution in [0.2, 0.25) is 15.1 Å². The number of methoxy groups -OCH3 is 1. The Hall–Kier alpha value is -16.7. The number of nitriles is 1. The van der Waals surface area contributed by atoms with E-state index in [4.69, 9.17) is 49.9 Å². The first-order chi connectivity index (χ1) is 70.8. The van der Waals surface area contributed by atoms with Crippen LogP contribution >= 0.6 is 34.8 Å². The van der Waals surface area contributed by atoms with Gasteiger partial charge in [-0.2, -0.15) is 28.6 Å². The number of hydrogen-bond acceptors (Lipinski definition) is 10. The predicted molar refractivity (Wildman–Crippen MR) is 560 cm³/mol. The van der Waals surface area contributed by atoms with Gasteiger partial charge in [0.2, 0.25) is 0 Å². The highest BCUT2D eigenvalue weighted by atomic mass is 35.5. The van der Waals surface area contributed by atoms with Crippen LogP contribution in [0.25, 0.3) is 76.8 Å². The molecule has 0 unspecified atom stereocenters. The predicted octanol–water partition coefficient (Wildman–Crippen LogP) is 22.1. The molecule has 12 aromatic heterocycles. The SMILES string of the molecule is COc1ccc2cc(C(=O)NC3(c4ccn(C)c4)CC3)[nH]c2c1.Cn1ccc(C2(NC(=O)c3cc4cc(C#N)ccc4[nH]3)CC2)c1.Cn1ccc(C2(NC(=O)c3cc4cc(C(F)(F)F)ccc4[nH]3)CC2)c1.Cn1ccc(C2(NC(=O)c3cc4cc(Cl)ccc4[nH]3)CC2)c1.O=C(NC1(c2ccn(-c3ccccc3)n2)CC1)c1cc2cc(Cl)ccc2[nH]1.O=C(NC1(c2cnn(-c3ccccc3)c2)CC1)c1cc2cc(Cl)ccc2[nH]1. The average Bonchev–Trinajstić information content (AvgIpc) is 1.60. The Morgan fingerprint density at radius 3 is 1.02 bits per heavy atom. The lowest BCUT2D eigenvalue weighted by atomic mass is 10.1. The molecule has 0 atom stereocenters. The highest BCUT2D eigenvalue weighted by Crippen LogP contribution is 2.51. The molecule has 6 saturated carbocycles. The van der Waals surface area contributed by atoms with Crippen LogP contribution in [0.4, 0.5) is 13.2 Å². The van der Waals surface area contributed by atoms with Gasteiger partial charge in [0, 0.05) is 182 Å². The molecular formula is C113H101Cl3F3N21O7. The van der Waals surface area contributed by atoms with Crippen LogP contribution in [0, 0.1) is 11.3 Å². The van der Waals surface area contributed by atoms with E-state index in [2.05, 4.69) is 110 Å². The first kappa shape index (κ1) is 96.4. The number of nitrogens with zero attached hydrogens (tertiary/aromatic N) is 9. The third-order valence-corrected chi connectivity index (χ3v) is 28.9. The zero-order valence-corrected chi connectivity index (χ0v) is 82.8. The van der Waals surface area contributed by atoms with E-state index in [9.17, 15) is 41.9 Å².